The van der Waals surface area contributed by atoms with Gasteiger partial charge in [-0.05, 0) is 75.6 Å². The van der Waals surface area contributed by atoms with Crippen LogP contribution in [0.1, 0.15) is 58.4 Å². The van der Waals surface area contributed by atoms with Crippen molar-refractivity contribution in [2.45, 2.75) is 59.0 Å². The van der Waals surface area contributed by atoms with Crippen molar-refractivity contribution in [2.75, 3.05) is 13.7 Å². The molecule has 0 spiro atoms. The number of hydrogen-bond acceptors (Lipinski definition) is 5. The van der Waals surface area contributed by atoms with Gasteiger partial charge in [-0.2, -0.15) is 0 Å². The molecular formula is C23H32O5. The quantitative estimate of drug-likeness (QED) is 0.473. The molecule has 0 N–H and O–H groups in total. The highest BCUT2D eigenvalue weighted by Crippen LogP contribution is 2.28. The SMILES string of the molecule is CCC(C)(C)C(=O)OCC1CCC(OC(=O)/C=C/c2ccc(OC)cc2)CC1. The minimum absolute atomic E-state index is 0.0629. The van der Waals surface area contributed by atoms with Gasteiger partial charge in [0, 0.05) is 6.08 Å². The van der Waals surface area contributed by atoms with Crippen molar-refractivity contribution in [3.05, 3.63) is 35.9 Å². The molecular weight excluding hydrogens is 356 g/mol. The number of rotatable bonds is 8. The highest BCUT2D eigenvalue weighted by atomic mass is 16.5. The van der Waals surface area contributed by atoms with Crippen LogP contribution in [0.15, 0.2) is 30.3 Å². The molecule has 0 aliphatic heterocycles. The molecule has 5 heteroatoms. The Labute approximate surface area is 168 Å². The van der Waals surface area contributed by atoms with Gasteiger partial charge in [0.05, 0.1) is 19.1 Å². The fourth-order valence-corrected chi connectivity index (χ4v) is 3.03. The molecule has 1 saturated carbocycles. The standard InChI is InChI=1S/C23H32O5/c1-5-23(2,3)22(25)27-16-18-8-13-20(14-9-18)28-21(24)15-10-17-6-11-19(26-4)12-7-17/h6-7,10-12,15,18,20H,5,8-9,13-14,16H2,1-4H3/b15-10+. The summed E-state index contributed by atoms with van der Waals surface area (Å²) in [5.41, 5.74) is 0.487. The summed E-state index contributed by atoms with van der Waals surface area (Å²) in [5, 5.41) is 0. The largest absolute Gasteiger partial charge is 0.497 e. The lowest BCUT2D eigenvalue weighted by atomic mass is 9.87. The van der Waals surface area contributed by atoms with Crippen molar-refractivity contribution in [3.63, 3.8) is 0 Å². The first-order chi connectivity index (χ1) is 13.3. The van der Waals surface area contributed by atoms with E-state index in [1.807, 2.05) is 45.0 Å². The van der Waals surface area contributed by atoms with Crippen LogP contribution in [0.2, 0.25) is 0 Å². The Hall–Kier alpha value is -2.30. The molecule has 0 amide bonds. The van der Waals surface area contributed by atoms with E-state index in [1.165, 1.54) is 6.08 Å². The van der Waals surface area contributed by atoms with Gasteiger partial charge in [0.2, 0.25) is 0 Å². The summed E-state index contributed by atoms with van der Waals surface area (Å²) in [6.07, 6.45) is 7.32. The van der Waals surface area contributed by atoms with E-state index in [-0.39, 0.29) is 18.0 Å². The molecule has 2 rings (SSSR count). The van der Waals surface area contributed by atoms with Gasteiger partial charge in [0.25, 0.3) is 0 Å². The monoisotopic (exact) mass is 388 g/mol. The molecule has 1 aliphatic carbocycles. The average Bonchev–Trinajstić information content (AvgIpc) is 2.71. The van der Waals surface area contributed by atoms with Gasteiger partial charge < -0.3 is 14.2 Å². The summed E-state index contributed by atoms with van der Waals surface area (Å²) in [6.45, 7) is 6.26. The number of carbonyl (C=O) groups excluding carboxylic acids is 2. The van der Waals surface area contributed by atoms with Crippen LogP contribution >= 0.6 is 0 Å². The predicted molar refractivity (Wildman–Crippen MR) is 109 cm³/mol. The number of benzene rings is 1. The third-order valence-electron chi connectivity index (χ3n) is 5.49. The van der Waals surface area contributed by atoms with Crippen LogP contribution in [0, 0.1) is 11.3 Å². The van der Waals surface area contributed by atoms with Crippen molar-refractivity contribution < 1.29 is 23.8 Å². The summed E-state index contributed by atoms with van der Waals surface area (Å²) in [5.74, 6) is 0.671. The Morgan fingerprint density at radius 2 is 1.75 bits per heavy atom. The zero-order valence-corrected chi connectivity index (χ0v) is 17.4. The lowest BCUT2D eigenvalue weighted by molar-refractivity contribution is -0.156. The van der Waals surface area contributed by atoms with Gasteiger partial charge >= 0.3 is 11.9 Å². The Morgan fingerprint density at radius 1 is 1.11 bits per heavy atom. The third kappa shape index (κ3) is 6.70. The zero-order chi connectivity index (χ0) is 20.6. The zero-order valence-electron chi connectivity index (χ0n) is 17.4. The number of methoxy groups -OCH3 is 1. The molecule has 5 nitrogen and oxygen atoms in total. The summed E-state index contributed by atoms with van der Waals surface area (Å²) >= 11 is 0. The van der Waals surface area contributed by atoms with Crippen LogP contribution in [0.4, 0.5) is 0 Å². The summed E-state index contributed by atoms with van der Waals surface area (Å²) < 4.78 is 16.1. The van der Waals surface area contributed by atoms with Gasteiger partial charge in [-0.3, -0.25) is 4.79 Å². The fourth-order valence-electron chi connectivity index (χ4n) is 3.03. The lowest BCUT2D eigenvalue weighted by Gasteiger charge is -2.29. The molecule has 1 fully saturated rings. The molecule has 0 saturated heterocycles. The van der Waals surface area contributed by atoms with E-state index in [0.717, 1.165) is 43.4 Å². The molecule has 0 atom stereocenters. The minimum Gasteiger partial charge on any atom is -0.497 e. The van der Waals surface area contributed by atoms with Crippen LogP contribution in [0.3, 0.4) is 0 Å². The summed E-state index contributed by atoms with van der Waals surface area (Å²) in [7, 11) is 1.62. The smallest absolute Gasteiger partial charge is 0.331 e. The maximum atomic E-state index is 12.1. The van der Waals surface area contributed by atoms with Gasteiger partial charge in [0.15, 0.2) is 0 Å². The first kappa shape index (κ1) is 22.0. The van der Waals surface area contributed by atoms with E-state index in [0.29, 0.717) is 12.5 Å². The molecule has 154 valence electrons. The topological polar surface area (TPSA) is 61.8 Å². The Balaban J connectivity index is 1.70. The molecule has 0 heterocycles. The van der Waals surface area contributed by atoms with Crippen LogP contribution in [-0.4, -0.2) is 31.8 Å². The molecule has 1 aromatic carbocycles. The van der Waals surface area contributed by atoms with E-state index >= 15 is 0 Å². The second-order valence-corrected chi connectivity index (χ2v) is 8.02. The molecule has 28 heavy (non-hydrogen) atoms. The highest BCUT2D eigenvalue weighted by molar-refractivity contribution is 5.87. The molecule has 0 radical (unpaired) electrons. The maximum absolute atomic E-state index is 12.1. The second-order valence-electron chi connectivity index (χ2n) is 8.02. The van der Waals surface area contributed by atoms with E-state index in [9.17, 15) is 9.59 Å². The second kappa shape index (κ2) is 10.3. The van der Waals surface area contributed by atoms with Crippen molar-refractivity contribution in [1.82, 2.24) is 0 Å². The molecule has 1 aliphatic rings. The van der Waals surface area contributed by atoms with E-state index in [2.05, 4.69) is 0 Å². The normalized spacial score (nSPS) is 20.0. The average molecular weight is 389 g/mol. The van der Waals surface area contributed by atoms with Crippen LogP contribution < -0.4 is 4.74 Å². The van der Waals surface area contributed by atoms with E-state index < -0.39 is 5.41 Å². The Morgan fingerprint density at radius 3 is 2.32 bits per heavy atom. The van der Waals surface area contributed by atoms with Gasteiger partial charge in [0.1, 0.15) is 11.9 Å². The molecule has 0 unspecified atom stereocenters. The van der Waals surface area contributed by atoms with Gasteiger partial charge in [-0.1, -0.05) is 19.1 Å². The lowest BCUT2D eigenvalue weighted by Crippen LogP contribution is -2.30. The van der Waals surface area contributed by atoms with Crippen molar-refractivity contribution in [2.24, 2.45) is 11.3 Å². The van der Waals surface area contributed by atoms with E-state index in [4.69, 9.17) is 14.2 Å². The number of hydrogen-bond donors (Lipinski definition) is 0. The summed E-state index contributed by atoms with van der Waals surface area (Å²) in [4.78, 5) is 24.1. The Bertz CT molecular complexity index is 667. The van der Waals surface area contributed by atoms with Crippen LogP contribution in [0.25, 0.3) is 6.08 Å². The van der Waals surface area contributed by atoms with Crippen molar-refractivity contribution in [1.29, 1.82) is 0 Å². The molecule has 1 aromatic rings. The van der Waals surface area contributed by atoms with Gasteiger partial charge in [-0.15, -0.1) is 0 Å². The highest BCUT2D eigenvalue weighted by Gasteiger charge is 2.29. The van der Waals surface area contributed by atoms with Crippen LogP contribution in [-0.2, 0) is 19.1 Å². The Kier molecular flexibility index (Phi) is 8.09. The van der Waals surface area contributed by atoms with Crippen molar-refractivity contribution >= 4 is 18.0 Å². The molecule has 0 aromatic heterocycles. The number of carbonyl (C=O) groups is 2. The third-order valence-corrected chi connectivity index (χ3v) is 5.49. The van der Waals surface area contributed by atoms with Crippen LogP contribution in [0.5, 0.6) is 5.75 Å². The minimum atomic E-state index is -0.428. The number of ether oxygens (including phenoxy) is 3. The first-order valence-electron chi connectivity index (χ1n) is 10.0. The molecule has 0 bridgehead atoms. The summed E-state index contributed by atoms with van der Waals surface area (Å²) in [6, 6.07) is 7.46. The first-order valence-corrected chi connectivity index (χ1v) is 10.0. The predicted octanol–water partition coefficient (Wildman–Crippen LogP) is 4.79. The fraction of sp³-hybridized carbons (Fsp3) is 0.565. The number of esters is 2. The maximum Gasteiger partial charge on any atom is 0.331 e. The van der Waals surface area contributed by atoms with Gasteiger partial charge in [-0.25, -0.2) is 4.79 Å². The van der Waals surface area contributed by atoms with Crippen molar-refractivity contribution in [3.8, 4) is 5.75 Å². The van der Waals surface area contributed by atoms with E-state index in [1.54, 1.807) is 13.2 Å².